The van der Waals surface area contributed by atoms with Crippen molar-refractivity contribution < 1.29 is 14.7 Å². The molecule has 0 saturated carbocycles. The van der Waals surface area contributed by atoms with Gasteiger partial charge in [-0.15, -0.1) is 0 Å². The van der Waals surface area contributed by atoms with Crippen molar-refractivity contribution in [3.05, 3.63) is 35.9 Å². The molecule has 0 heterocycles. The van der Waals surface area contributed by atoms with E-state index in [4.69, 9.17) is 5.11 Å². The lowest BCUT2D eigenvalue weighted by Crippen LogP contribution is -2.51. The number of carbonyl (C=O) groups excluding carboxylic acids is 1. The Hall–Kier alpha value is -1.84. The summed E-state index contributed by atoms with van der Waals surface area (Å²) < 4.78 is 0. The molecule has 0 unspecified atom stereocenters. The largest absolute Gasteiger partial charge is 0.480 e. The molecule has 0 aliphatic heterocycles. The van der Waals surface area contributed by atoms with Gasteiger partial charge >= 0.3 is 5.97 Å². The SMILES string of the molecule is CC(C)(CCc1ccccc1)NC(=O)C(C)(C)C(=O)O. The summed E-state index contributed by atoms with van der Waals surface area (Å²) in [5.41, 5.74) is -0.656. The summed E-state index contributed by atoms with van der Waals surface area (Å²) in [6.45, 7) is 6.65. The lowest BCUT2D eigenvalue weighted by Gasteiger charge is -2.30. The molecule has 0 aliphatic rings. The molecule has 4 heteroatoms. The van der Waals surface area contributed by atoms with Crippen molar-refractivity contribution >= 4 is 11.9 Å². The van der Waals surface area contributed by atoms with Gasteiger partial charge in [0.2, 0.25) is 5.91 Å². The molecule has 0 atom stereocenters. The molecular weight excluding hydrogens is 254 g/mol. The van der Waals surface area contributed by atoms with Crippen LogP contribution in [-0.4, -0.2) is 22.5 Å². The standard InChI is InChI=1S/C16H23NO3/c1-15(2,11-10-12-8-6-5-7-9-12)17-13(18)16(3,4)14(19)20/h5-9H,10-11H2,1-4H3,(H,17,18)(H,19,20). The van der Waals surface area contributed by atoms with E-state index in [1.165, 1.54) is 19.4 Å². The summed E-state index contributed by atoms with van der Waals surface area (Å²) in [6.07, 6.45) is 1.58. The third-order valence-corrected chi connectivity index (χ3v) is 3.44. The second-order valence-corrected chi connectivity index (χ2v) is 6.25. The van der Waals surface area contributed by atoms with Crippen LogP contribution in [0.4, 0.5) is 0 Å². The van der Waals surface area contributed by atoms with Gasteiger partial charge < -0.3 is 10.4 Å². The third kappa shape index (κ3) is 4.37. The smallest absolute Gasteiger partial charge is 0.318 e. The lowest BCUT2D eigenvalue weighted by atomic mass is 9.89. The molecule has 20 heavy (non-hydrogen) atoms. The number of carboxylic acids is 1. The Bertz CT molecular complexity index is 478. The number of carboxylic acid groups (broad SMARTS) is 1. The van der Waals surface area contributed by atoms with E-state index in [1.54, 1.807) is 0 Å². The molecule has 0 bridgehead atoms. The van der Waals surface area contributed by atoms with E-state index in [0.717, 1.165) is 12.8 Å². The monoisotopic (exact) mass is 277 g/mol. The minimum absolute atomic E-state index is 0.445. The van der Waals surface area contributed by atoms with Crippen molar-refractivity contribution in [2.24, 2.45) is 5.41 Å². The second-order valence-electron chi connectivity index (χ2n) is 6.25. The summed E-state index contributed by atoms with van der Waals surface area (Å²) in [5, 5.41) is 11.9. The fraction of sp³-hybridized carbons (Fsp3) is 0.500. The second kappa shape index (κ2) is 6.07. The van der Waals surface area contributed by atoms with E-state index >= 15 is 0 Å². The van der Waals surface area contributed by atoms with Crippen molar-refractivity contribution in [2.45, 2.75) is 46.1 Å². The molecule has 0 aromatic heterocycles. The molecule has 1 aromatic carbocycles. The van der Waals surface area contributed by atoms with Crippen molar-refractivity contribution in [2.75, 3.05) is 0 Å². The van der Waals surface area contributed by atoms with E-state index in [2.05, 4.69) is 5.32 Å². The van der Waals surface area contributed by atoms with Gasteiger partial charge in [0, 0.05) is 5.54 Å². The molecule has 1 aromatic rings. The van der Waals surface area contributed by atoms with Gasteiger partial charge in [-0.3, -0.25) is 9.59 Å². The van der Waals surface area contributed by atoms with Gasteiger partial charge in [0.15, 0.2) is 0 Å². The van der Waals surface area contributed by atoms with Crippen LogP contribution in [-0.2, 0) is 16.0 Å². The number of amides is 1. The highest BCUT2D eigenvalue weighted by Crippen LogP contribution is 2.20. The Morgan fingerprint density at radius 2 is 1.65 bits per heavy atom. The zero-order valence-electron chi connectivity index (χ0n) is 12.6. The van der Waals surface area contributed by atoms with Crippen molar-refractivity contribution in [1.82, 2.24) is 5.32 Å². The van der Waals surface area contributed by atoms with Crippen molar-refractivity contribution in [3.8, 4) is 0 Å². The van der Waals surface area contributed by atoms with Crippen LogP contribution in [0.3, 0.4) is 0 Å². The number of hydrogen-bond acceptors (Lipinski definition) is 2. The fourth-order valence-electron chi connectivity index (χ4n) is 1.72. The molecule has 2 N–H and O–H groups in total. The maximum absolute atomic E-state index is 12.0. The van der Waals surface area contributed by atoms with Gasteiger partial charge in [0.05, 0.1) is 0 Å². The third-order valence-electron chi connectivity index (χ3n) is 3.44. The average Bonchev–Trinajstić information content (AvgIpc) is 2.37. The number of rotatable bonds is 6. The molecule has 1 amide bonds. The molecule has 0 radical (unpaired) electrons. The summed E-state index contributed by atoms with van der Waals surface area (Å²) in [7, 11) is 0. The molecule has 0 fully saturated rings. The minimum atomic E-state index is -1.41. The molecule has 110 valence electrons. The molecule has 0 spiro atoms. The quantitative estimate of drug-likeness (QED) is 0.785. The van der Waals surface area contributed by atoms with Gasteiger partial charge in [0.1, 0.15) is 5.41 Å². The van der Waals surface area contributed by atoms with Crippen LogP contribution in [0.5, 0.6) is 0 Å². The van der Waals surface area contributed by atoms with Crippen LogP contribution in [0.15, 0.2) is 30.3 Å². The Labute approximate surface area is 120 Å². The van der Waals surface area contributed by atoms with E-state index in [9.17, 15) is 9.59 Å². The zero-order chi connectivity index (χ0) is 15.4. The minimum Gasteiger partial charge on any atom is -0.480 e. The Balaban J connectivity index is 2.61. The number of nitrogens with one attached hydrogen (secondary N) is 1. The summed E-state index contributed by atoms with van der Waals surface area (Å²) in [4.78, 5) is 23.1. The van der Waals surface area contributed by atoms with E-state index < -0.39 is 22.8 Å². The van der Waals surface area contributed by atoms with Crippen LogP contribution in [0.2, 0.25) is 0 Å². The number of hydrogen-bond donors (Lipinski definition) is 2. The topological polar surface area (TPSA) is 66.4 Å². The van der Waals surface area contributed by atoms with Crippen LogP contribution >= 0.6 is 0 Å². The van der Waals surface area contributed by atoms with Gasteiger partial charge in [0.25, 0.3) is 0 Å². The van der Waals surface area contributed by atoms with Gasteiger partial charge in [-0.1, -0.05) is 30.3 Å². The first-order valence-corrected chi connectivity index (χ1v) is 6.75. The number of carbonyl (C=O) groups is 2. The van der Waals surface area contributed by atoms with Crippen LogP contribution < -0.4 is 5.32 Å². The Kier molecular flexibility index (Phi) is 4.93. The highest BCUT2D eigenvalue weighted by molar-refractivity contribution is 6.01. The molecule has 0 aliphatic carbocycles. The number of aryl methyl sites for hydroxylation is 1. The highest BCUT2D eigenvalue weighted by atomic mass is 16.4. The van der Waals surface area contributed by atoms with E-state index in [0.29, 0.717) is 0 Å². The maximum atomic E-state index is 12.0. The van der Waals surface area contributed by atoms with Gasteiger partial charge in [-0.2, -0.15) is 0 Å². The van der Waals surface area contributed by atoms with Crippen LogP contribution in [0.1, 0.15) is 39.7 Å². The Morgan fingerprint density at radius 3 is 2.15 bits per heavy atom. The summed E-state index contributed by atoms with van der Waals surface area (Å²) >= 11 is 0. The zero-order valence-corrected chi connectivity index (χ0v) is 12.6. The number of aliphatic carboxylic acids is 1. The molecule has 1 rings (SSSR count). The fourth-order valence-corrected chi connectivity index (χ4v) is 1.72. The van der Waals surface area contributed by atoms with Crippen LogP contribution in [0.25, 0.3) is 0 Å². The highest BCUT2D eigenvalue weighted by Gasteiger charge is 2.38. The maximum Gasteiger partial charge on any atom is 0.318 e. The number of benzene rings is 1. The normalized spacial score (nSPS) is 12.0. The average molecular weight is 277 g/mol. The molecular formula is C16H23NO3. The van der Waals surface area contributed by atoms with Crippen molar-refractivity contribution in [3.63, 3.8) is 0 Å². The first kappa shape index (κ1) is 16.2. The van der Waals surface area contributed by atoms with Gasteiger partial charge in [-0.25, -0.2) is 0 Å². The summed E-state index contributed by atoms with van der Waals surface area (Å²) in [5.74, 6) is -1.57. The molecule has 4 nitrogen and oxygen atoms in total. The van der Waals surface area contributed by atoms with E-state index in [1.807, 2.05) is 44.2 Å². The molecule has 0 saturated heterocycles. The van der Waals surface area contributed by atoms with Gasteiger partial charge in [-0.05, 0) is 46.1 Å². The lowest BCUT2D eigenvalue weighted by molar-refractivity contribution is -0.154. The first-order valence-electron chi connectivity index (χ1n) is 6.75. The van der Waals surface area contributed by atoms with E-state index in [-0.39, 0.29) is 0 Å². The Morgan fingerprint density at radius 1 is 1.10 bits per heavy atom. The first-order chi connectivity index (χ1) is 9.15. The summed E-state index contributed by atoms with van der Waals surface area (Å²) in [6, 6.07) is 10.0. The van der Waals surface area contributed by atoms with Crippen molar-refractivity contribution in [1.29, 1.82) is 0 Å². The predicted octanol–water partition coefficient (Wildman–Crippen LogP) is 2.62. The van der Waals surface area contributed by atoms with Crippen LogP contribution in [0, 0.1) is 5.41 Å². The predicted molar refractivity (Wildman–Crippen MR) is 78.4 cm³/mol.